The summed E-state index contributed by atoms with van der Waals surface area (Å²) >= 11 is 0. The van der Waals surface area contributed by atoms with Crippen molar-refractivity contribution in [2.24, 2.45) is 0 Å². The van der Waals surface area contributed by atoms with Gasteiger partial charge in [0.2, 0.25) is 0 Å². The maximum atomic E-state index is 10.9. The first kappa shape index (κ1) is 14.2. The summed E-state index contributed by atoms with van der Waals surface area (Å²) in [5.74, 6) is 1.14. The molecule has 0 fully saturated rings. The van der Waals surface area contributed by atoms with E-state index in [4.69, 9.17) is 0 Å². The Kier molecular flexibility index (Phi) is 4.88. The largest absolute Gasteiger partial charge is 0.373 e. The number of aromatic nitrogens is 1. The Morgan fingerprint density at radius 1 is 1.44 bits per heavy atom. The Morgan fingerprint density at radius 2 is 2.06 bits per heavy atom. The minimum atomic E-state index is -0.396. The SMILES string of the molecule is CCC(CC)N(C)c1cc([N+](=O)[O-])cc(NC)n1. The number of hydrogen-bond acceptors (Lipinski definition) is 5. The van der Waals surface area contributed by atoms with Crippen molar-refractivity contribution >= 4 is 17.3 Å². The van der Waals surface area contributed by atoms with E-state index in [0.29, 0.717) is 17.7 Å². The first-order valence-electron chi connectivity index (χ1n) is 6.10. The van der Waals surface area contributed by atoms with Gasteiger partial charge in [0, 0.05) is 20.1 Å². The molecule has 100 valence electrons. The van der Waals surface area contributed by atoms with Crippen molar-refractivity contribution in [3.8, 4) is 0 Å². The van der Waals surface area contributed by atoms with Gasteiger partial charge in [-0.05, 0) is 12.8 Å². The second kappa shape index (κ2) is 6.18. The molecule has 18 heavy (non-hydrogen) atoms. The van der Waals surface area contributed by atoms with Crippen LogP contribution in [0.5, 0.6) is 0 Å². The molecule has 0 aliphatic rings. The molecule has 0 atom stereocenters. The Hall–Kier alpha value is -1.85. The average molecular weight is 252 g/mol. The van der Waals surface area contributed by atoms with Crippen molar-refractivity contribution in [3.05, 3.63) is 22.2 Å². The van der Waals surface area contributed by atoms with Gasteiger partial charge in [-0.15, -0.1) is 0 Å². The molecule has 0 spiro atoms. The van der Waals surface area contributed by atoms with Crippen LogP contribution < -0.4 is 10.2 Å². The van der Waals surface area contributed by atoms with E-state index in [0.717, 1.165) is 12.8 Å². The molecule has 1 N–H and O–H groups in total. The molecular formula is C12H20N4O2. The van der Waals surface area contributed by atoms with Crippen LogP contribution in [0.15, 0.2) is 12.1 Å². The minimum absolute atomic E-state index is 0.0576. The van der Waals surface area contributed by atoms with E-state index < -0.39 is 4.92 Å². The molecule has 0 aliphatic carbocycles. The first-order chi connectivity index (χ1) is 8.53. The Labute approximate surface area is 107 Å². The van der Waals surface area contributed by atoms with Crippen LogP contribution in [0.2, 0.25) is 0 Å². The van der Waals surface area contributed by atoms with Crippen molar-refractivity contribution in [2.45, 2.75) is 32.7 Å². The van der Waals surface area contributed by atoms with Crippen LogP contribution in [0, 0.1) is 10.1 Å². The van der Waals surface area contributed by atoms with Gasteiger partial charge in [-0.1, -0.05) is 13.8 Å². The lowest BCUT2D eigenvalue weighted by Gasteiger charge is -2.27. The molecule has 1 rings (SSSR count). The summed E-state index contributed by atoms with van der Waals surface area (Å²) in [7, 11) is 3.62. The van der Waals surface area contributed by atoms with Crippen molar-refractivity contribution in [2.75, 3.05) is 24.3 Å². The number of nitrogens with one attached hydrogen (secondary N) is 1. The number of pyridine rings is 1. The number of anilines is 2. The molecule has 0 saturated heterocycles. The maximum absolute atomic E-state index is 10.9. The van der Waals surface area contributed by atoms with Gasteiger partial charge < -0.3 is 10.2 Å². The summed E-state index contributed by atoms with van der Waals surface area (Å²) < 4.78 is 0. The Morgan fingerprint density at radius 3 is 2.50 bits per heavy atom. The van der Waals surface area contributed by atoms with Gasteiger partial charge in [-0.25, -0.2) is 4.98 Å². The summed E-state index contributed by atoms with van der Waals surface area (Å²) in [5.41, 5.74) is 0.0576. The van der Waals surface area contributed by atoms with Crippen molar-refractivity contribution < 1.29 is 4.92 Å². The lowest BCUT2D eigenvalue weighted by Crippen LogP contribution is -2.31. The molecule has 6 nitrogen and oxygen atoms in total. The van der Waals surface area contributed by atoms with Crippen molar-refractivity contribution in [1.29, 1.82) is 0 Å². The van der Waals surface area contributed by atoms with Crippen LogP contribution in [0.4, 0.5) is 17.3 Å². The normalized spacial score (nSPS) is 10.5. The van der Waals surface area contributed by atoms with E-state index in [9.17, 15) is 10.1 Å². The predicted octanol–water partition coefficient (Wildman–Crippen LogP) is 2.66. The van der Waals surface area contributed by atoms with E-state index in [1.54, 1.807) is 7.05 Å². The van der Waals surface area contributed by atoms with E-state index in [2.05, 4.69) is 24.1 Å². The van der Waals surface area contributed by atoms with Gasteiger partial charge in [0.15, 0.2) is 0 Å². The van der Waals surface area contributed by atoms with E-state index in [1.807, 2.05) is 11.9 Å². The van der Waals surface area contributed by atoms with Gasteiger partial charge in [0.05, 0.1) is 17.1 Å². The second-order valence-electron chi connectivity index (χ2n) is 4.16. The first-order valence-corrected chi connectivity index (χ1v) is 6.10. The maximum Gasteiger partial charge on any atom is 0.276 e. The Bertz CT molecular complexity index is 419. The Balaban J connectivity index is 3.14. The number of hydrogen-bond donors (Lipinski definition) is 1. The minimum Gasteiger partial charge on any atom is -0.373 e. The third-order valence-electron chi connectivity index (χ3n) is 3.12. The molecule has 0 radical (unpaired) electrons. The summed E-state index contributed by atoms with van der Waals surface area (Å²) in [6.07, 6.45) is 1.96. The van der Waals surface area contributed by atoms with Crippen LogP contribution in [-0.4, -0.2) is 30.0 Å². The molecule has 0 unspecified atom stereocenters. The zero-order valence-corrected chi connectivity index (χ0v) is 11.3. The molecule has 0 aromatic carbocycles. The smallest absolute Gasteiger partial charge is 0.276 e. The monoisotopic (exact) mass is 252 g/mol. The lowest BCUT2D eigenvalue weighted by atomic mass is 10.1. The van der Waals surface area contributed by atoms with Gasteiger partial charge in [0.25, 0.3) is 5.69 Å². The molecule has 0 saturated carbocycles. The number of nitro groups is 1. The second-order valence-corrected chi connectivity index (χ2v) is 4.16. The number of rotatable bonds is 6. The molecule has 0 amide bonds. The van der Waals surface area contributed by atoms with Gasteiger partial charge >= 0.3 is 0 Å². The molecule has 6 heteroatoms. The zero-order valence-electron chi connectivity index (χ0n) is 11.3. The summed E-state index contributed by atoms with van der Waals surface area (Å²) in [5, 5.41) is 13.7. The zero-order chi connectivity index (χ0) is 13.7. The summed E-state index contributed by atoms with van der Waals surface area (Å²) in [6.45, 7) is 4.20. The fourth-order valence-corrected chi connectivity index (χ4v) is 1.94. The van der Waals surface area contributed by atoms with Crippen LogP contribution in [0.3, 0.4) is 0 Å². The van der Waals surface area contributed by atoms with Crippen LogP contribution in [0.25, 0.3) is 0 Å². The predicted molar refractivity (Wildman–Crippen MR) is 73.2 cm³/mol. The van der Waals surface area contributed by atoms with E-state index in [1.165, 1.54) is 12.1 Å². The van der Waals surface area contributed by atoms with Gasteiger partial charge in [0.1, 0.15) is 11.6 Å². The van der Waals surface area contributed by atoms with Crippen LogP contribution in [-0.2, 0) is 0 Å². The van der Waals surface area contributed by atoms with E-state index in [-0.39, 0.29) is 5.69 Å². The molecule has 1 heterocycles. The van der Waals surface area contributed by atoms with Crippen LogP contribution in [0.1, 0.15) is 26.7 Å². The molecule has 1 aromatic heterocycles. The third-order valence-corrected chi connectivity index (χ3v) is 3.12. The van der Waals surface area contributed by atoms with Crippen molar-refractivity contribution in [3.63, 3.8) is 0 Å². The standard InChI is InChI=1S/C12H20N4O2/c1-5-9(6-2)15(4)12-8-10(16(17)18)7-11(13-3)14-12/h7-9H,5-6H2,1-4H3,(H,13,14). The summed E-state index contributed by atoms with van der Waals surface area (Å²) in [4.78, 5) is 16.8. The van der Waals surface area contributed by atoms with Crippen LogP contribution >= 0.6 is 0 Å². The highest BCUT2D eigenvalue weighted by Crippen LogP contribution is 2.24. The average Bonchev–Trinajstić information content (AvgIpc) is 2.39. The number of nitrogens with zero attached hydrogens (tertiary/aromatic N) is 3. The highest BCUT2D eigenvalue weighted by atomic mass is 16.6. The highest BCUT2D eigenvalue weighted by molar-refractivity contribution is 5.55. The third kappa shape index (κ3) is 3.09. The fourth-order valence-electron chi connectivity index (χ4n) is 1.94. The van der Waals surface area contributed by atoms with E-state index >= 15 is 0 Å². The fraction of sp³-hybridized carbons (Fsp3) is 0.583. The summed E-state index contributed by atoms with van der Waals surface area (Å²) in [6, 6.07) is 3.29. The molecule has 0 aliphatic heterocycles. The molecular weight excluding hydrogens is 232 g/mol. The van der Waals surface area contributed by atoms with Crippen molar-refractivity contribution in [1.82, 2.24) is 4.98 Å². The molecule has 0 bridgehead atoms. The quantitative estimate of drug-likeness (QED) is 0.622. The van der Waals surface area contributed by atoms with Gasteiger partial charge in [-0.2, -0.15) is 0 Å². The highest BCUT2D eigenvalue weighted by Gasteiger charge is 2.17. The lowest BCUT2D eigenvalue weighted by molar-refractivity contribution is -0.384. The molecule has 1 aromatic rings. The topological polar surface area (TPSA) is 71.3 Å². The van der Waals surface area contributed by atoms with Gasteiger partial charge in [-0.3, -0.25) is 10.1 Å².